The van der Waals surface area contributed by atoms with E-state index < -0.39 is 5.82 Å². The maximum absolute atomic E-state index is 13.9. The number of nitrogens with one attached hydrogen (secondary N) is 1. The Bertz CT molecular complexity index is 666. The fourth-order valence-corrected chi connectivity index (χ4v) is 2.75. The number of benzene rings is 2. The molecule has 0 fully saturated rings. The zero-order valence-corrected chi connectivity index (χ0v) is 11.3. The van der Waals surface area contributed by atoms with Crippen molar-refractivity contribution in [3.63, 3.8) is 0 Å². The number of hydrogen-bond acceptors (Lipinski definition) is 2. The normalized spacial score (nSPS) is 17.6. The van der Waals surface area contributed by atoms with Gasteiger partial charge in [0.05, 0.1) is 11.5 Å². The number of carbonyl (C=O) groups is 1. The molecular weight excluding hydrogens is 253 g/mol. The first-order valence-electron chi connectivity index (χ1n) is 6.75. The van der Waals surface area contributed by atoms with E-state index in [1.165, 1.54) is 6.07 Å². The highest BCUT2D eigenvalue weighted by molar-refractivity contribution is 6.01. The van der Waals surface area contributed by atoms with Crippen LogP contribution < -0.4 is 5.32 Å². The van der Waals surface area contributed by atoms with E-state index in [0.717, 1.165) is 23.2 Å². The molecule has 20 heavy (non-hydrogen) atoms. The molecular formula is C17H16FNO. The van der Waals surface area contributed by atoms with Crippen molar-refractivity contribution < 1.29 is 9.18 Å². The van der Waals surface area contributed by atoms with Crippen LogP contribution in [0.1, 0.15) is 33.0 Å². The Balaban J connectivity index is 2.02. The fraction of sp³-hybridized carbons (Fsp3) is 0.235. The summed E-state index contributed by atoms with van der Waals surface area (Å²) in [5, 5.41) is 3.23. The zero-order valence-electron chi connectivity index (χ0n) is 11.3. The van der Waals surface area contributed by atoms with Gasteiger partial charge in [-0.1, -0.05) is 35.9 Å². The SMILES string of the molecule is Cc1ccc(F)c(C(=O)C2CNCc3ccccc32)c1. The molecule has 1 aliphatic rings. The minimum atomic E-state index is -0.441. The molecule has 2 aromatic rings. The van der Waals surface area contributed by atoms with E-state index in [1.54, 1.807) is 12.1 Å². The van der Waals surface area contributed by atoms with Crippen molar-refractivity contribution in [1.29, 1.82) is 0 Å². The van der Waals surface area contributed by atoms with Crippen molar-refractivity contribution in [1.82, 2.24) is 5.32 Å². The summed E-state index contributed by atoms with van der Waals surface area (Å²) in [6.45, 7) is 3.18. The van der Waals surface area contributed by atoms with Crippen LogP contribution in [0.2, 0.25) is 0 Å². The third-order valence-electron chi connectivity index (χ3n) is 3.80. The van der Waals surface area contributed by atoms with Crippen LogP contribution in [0.3, 0.4) is 0 Å². The molecule has 0 bridgehead atoms. The largest absolute Gasteiger partial charge is 0.312 e. The van der Waals surface area contributed by atoms with Crippen LogP contribution in [0, 0.1) is 12.7 Å². The second kappa shape index (κ2) is 5.17. The van der Waals surface area contributed by atoms with Gasteiger partial charge in [0.2, 0.25) is 0 Å². The van der Waals surface area contributed by atoms with E-state index in [-0.39, 0.29) is 17.3 Å². The minimum absolute atomic E-state index is 0.147. The molecule has 2 aromatic carbocycles. The highest BCUT2D eigenvalue weighted by Gasteiger charge is 2.28. The molecule has 1 unspecified atom stereocenters. The van der Waals surface area contributed by atoms with Crippen LogP contribution in [0.15, 0.2) is 42.5 Å². The van der Waals surface area contributed by atoms with E-state index in [2.05, 4.69) is 5.32 Å². The maximum Gasteiger partial charge on any atom is 0.174 e. The molecule has 2 nitrogen and oxygen atoms in total. The van der Waals surface area contributed by atoms with Gasteiger partial charge >= 0.3 is 0 Å². The van der Waals surface area contributed by atoms with Gasteiger partial charge in [-0.25, -0.2) is 4.39 Å². The molecule has 0 radical (unpaired) electrons. The molecule has 0 spiro atoms. The number of fused-ring (bicyclic) bond motifs is 1. The zero-order chi connectivity index (χ0) is 14.1. The smallest absolute Gasteiger partial charge is 0.174 e. The number of halogens is 1. The van der Waals surface area contributed by atoms with Gasteiger partial charge in [-0.3, -0.25) is 4.79 Å². The molecule has 0 aromatic heterocycles. The van der Waals surface area contributed by atoms with Crippen LogP contribution in [-0.2, 0) is 6.54 Å². The van der Waals surface area contributed by atoms with E-state index in [1.807, 2.05) is 31.2 Å². The first-order chi connectivity index (χ1) is 9.66. The van der Waals surface area contributed by atoms with Gasteiger partial charge in [0.25, 0.3) is 0 Å². The van der Waals surface area contributed by atoms with Gasteiger partial charge < -0.3 is 5.32 Å². The Kier molecular flexibility index (Phi) is 3.36. The number of hydrogen-bond donors (Lipinski definition) is 1. The molecule has 1 atom stereocenters. The summed E-state index contributed by atoms with van der Waals surface area (Å²) >= 11 is 0. The third kappa shape index (κ3) is 2.25. The summed E-state index contributed by atoms with van der Waals surface area (Å²) in [6.07, 6.45) is 0. The molecule has 1 aliphatic heterocycles. The molecule has 0 saturated heterocycles. The Labute approximate surface area is 117 Å². The predicted octanol–water partition coefficient (Wildman–Crippen LogP) is 3.20. The summed E-state index contributed by atoms with van der Waals surface area (Å²) in [5.41, 5.74) is 3.21. The van der Waals surface area contributed by atoms with Gasteiger partial charge in [-0.2, -0.15) is 0 Å². The number of ketones is 1. The summed E-state index contributed by atoms with van der Waals surface area (Å²) in [7, 11) is 0. The Hall–Kier alpha value is -2.00. The summed E-state index contributed by atoms with van der Waals surface area (Å²) in [6, 6.07) is 12.5. The first-order valence-corrected chi connectivity index (χ1v) is 6.75. The minimum Gasteiger partial charge on any atom is -0.312 e. The van der Waals surface area contributed by atoms with Crippen LogP contribution in [0.5, 0.6) is 0 Å². The third-order valence-corrected chi connectivity index (χ3v) is 3.80. The lowest BCUT2D eigenvalue weighted by molar-refractivity contribution is 0.0951. The average molecular weight is 269 g/mol. The lowest BCUT2D eigenvalue weighted by atomic mass is 9.85. The van der Waals surface area contributed by atoms with Gasteiger partial charge in [-0.15, -0.1) is 0 Å². The lowest BCUT2D eigenvalue weighted by Crippen LogP contribution is -2.33. The standard InChI is InChI=1S/C17H16FNO/c1-11-6-7-16(18)14(8-11)17(20)15-10-19-9-12-4-2-3-5-13(12)15/h2-8,15,19H,9-10H2,1H3. The topological polar surface area (TPSA) is 29.1 Å². The van der Waals surface area contributed by atoms with Crippen molar-refractivity contribution in [2.45, 2.75) is 19.4 Å². The van der Waals surface area contributed by atoms with Crippen molar-refractivity contribution in [3.05, 3.63) is 70.5 Å². The summed E-state index contributed by atoms with van der Waals surface area (Å²) in [5.74, 6) is -0.897. The second-order valence-corrected chi connectivity index (χ2v) is 5.23. The average Bonchev–Trinajstić information content (AvgIpc) is 2.48. The van der Waals surface area contributed by atoms with Gasteiger partial charge in [0.15, 0.2) is 5.78 Å². The molecule has 0 saturated carbocycles. The molecule has 1 N–H and O–H groups in total. The van der Waals surface area contributed by atoms with Crippen LogP contribution in [0.4, 0.5) is 4.39 Å². The van der Waals surface area contributed by atoms with E-state index >= 15 is 0 Å². The second-order valence-electron chi connectivity index (χ2n) is 5.23. The molecule has 3 heteroatoms. The molecule has 3 rings (SSSR count). The van der Waals surface area contributed by atoms with E-state index in [4.69, 9.17) is 0 Å². The highest BCUT2D eigenvalue weighted by atomic mass is 19.1. The van der Waals surface area contributed by atoms with Crippen molar-refractivity contribution in [3.8, 4) is 0 Å². The molecule has 1 heterocycles. The van der Waals surface area contributed by atoms with Gasteiger partial charge in [0, 0.05) is 13.1 Å². The predicted molar refractivity (Wildman–Crippen MR) is 76.4 cm³/mol. The fourth-order valence-electron chi connectivity index (χ4n) is 2.75. The number of carbonyl (C=O) groups excluding carboxylic acids is 1. The lowest BCUT2D eigenvalue weighted by Gasteiger charge is -2.25. The van der Waals surface area contributed by atoms with Crippen molar-refractivity contribution >= 4 is 5.78 Å². The monoisotopic (exact) mass is 269 g/mol. The van der Waals surface area contributed by atoms with Crippen molar-refractivity contribution in [2.75, 3.05) is 6.54 Å². The van der Waals surface area contributed by atoms with Crippen LogP contribution >= 0.6 is 0 Å². The molecule has 102 valence electrons. The molecule has 0 aliphatic carbocycles. The van der Waals surface area contributed by atoms with Crippen LogP contribution in [0.25, 0.3) is 0 Å². The maximum atomic E-state index is 13.9. The quantitative estimate of drug-likeness (QED) is 0.848. The number of rotatable bonds is 2. The number of Topliss-reactive ketones (excluding diaryl/α,β-unsaturated/α-hetero) is 1. The first kappa shape index (κ1) is 13.0. The summed E-state index contributed by atoms with van der Waals surface area (Å²) < 4.78 is 13.9. The Morgan fingerprint density at radius 2 is 2.05 bits per heavy atom. The molecule has 0 amide bonds. The Morgan fingerprint density at radius 3 is 2.90 bits per heavy atom. The Morgan fingerprint density at radius 1 is 1.25 bits per heavy atom. The van der Waals surface area contributed by atoms with Crippen molar-refractivity contribution in [2.24, 2.45) is 0 Å². The summed E-state index contributed by atoms with van der Waals surface area (Å²) in [4.78, 5) is 12.7. The highest BCUT2D eigenvalue weighted by Crippen LogP contribution is 2.28. The van der Waals surface area contributed by atoms with Gasteiger partial charge in [0.1, 0.15) is 5.82 Å². The van der Waals surface area contributed by atoms with E-state index in [9.17, 15) is 9.18 Å². The van der Waals surface area contributed by atoms with E-state index in [0.29, 0.717) is 6.54 Å². The van der Waals surface area contributed by atoms with Crippen LogP contribution in [-0.4, -0.2) is 12.3 Å². The van der Waals surface area contributed by atoms with Gasteiger partial charge in [-0.05, 0) is 30.2 Å². The number of aryl methyl sites for hydroxylation is 1.